The van der Waals surface area contributed by atoms with Gasteiger partial charge in [-0.05, 0) is 31.2 Å². The van der Waals surface area contributed by atoms with E-state index in [0.717, 1.165) is 17.7 Å². The molecule has 0 aliphatic heterocycles. The first-order chi connectivity index (χ1) is 9.15. The second-order valence-corrected chi connectivity index (χ2v) is 5.88. The molecule has 1 atom stereocenters. The third-order valence-electron chi connectivity index (χ3n) is 2.98. The van der Waals surface area contributed by atoms with Crippen LogP contribution in [-0.4, -0.2) is 14.2 Å². The van der Waals surface area contributed by atoms with Crippen molar-refractivity contribution in [1.82, 2.24) is 5.32 Å². The fraction of sp³-hybridized carbons (Fsp3) is 0.286. The Morgan fingerprint density at radius 3 is 2.79 bits per heavy atom. The molecule has 2 nitrogen and oxygen atoms in total. The summed E-state index contributed by atoms with van der Waals surface area (Å²) in [7, 11) is 3.61. The van der Waals surface area contributed by atoms with Gasteiger partial charge in [0.15, 0.2) is 0 Å². The molecular formula is C14H15Cl2NOS. The topological polar surface area (TPSA) is 21.3 Å². The summed E-state index contributed by atoms with van der Waals surface area (Å²) in [5.41, 5.74) is 1.04. The molecule has 0 fully saturated rings. The third-order valence-corrected chi connectivity index (χ3v) is 4.86. The van der Waals surface area contributed by atoms with Gasteiger partial charge in [-0.25, -0.2) is 0 Å². The molecule has 1 heterocycles. The van der Waals surface area contributed by atoms with Crippen LogP contribution >= 0.6 is 34.5 Å². The number of nitrogens with one attached hydrogen (secondary N) is 1. The van der Waals surface area contributed by atoms with Crippen LogP contribution in [0.2, 0.25) is 10.0 Å². The number of methoxy groups -OCH3 is 1. The lowest BCUT2D eigenvalue weighted by atomic mass is 10.0. The van der Waals surface area contributed by atoms with E-state index in [0.29, 0.717) is 10.0 Å². The van der Waals surface area contributed by atoms with Crippen molar-refractivity contribution in [3.8, 4) is 5.75 Å². The van der Waals surface area contributed by atoms with Crippen LogP contribution in [-0.2, 0) is 6.42 Å². The maximum Gasteiger partial charge on any atom is 0.129 e. The van der Waals surface area contributed by atoms with Gasteiger partial charge < -0.3 is 10.1 Å². The van der Waals surface area contributed by atoms with Crippen LogP contribution in [0.25, 0.3) is 0 Å². The number of thiophene rings is 1. The van der Waals surface area contributed by atoms with Crippen molar-refractivity contribution in [2.45, 2.75) is 12.5 Å². The first-order valence-corrected chi connectivity index (χ1v) is 7.51. The van der Waals surface area contributed by atoms with Gasteiger partial charge in [0.2, 0.25) is 0 Å². The van der Waals surface area contributed by atoms with Gasteiger partial charge in [-0.3, -0.25) is 0 Å². The monoisotopic (exact) mass is 315 g/mol. The van der Waals surface area contributed by atoms with Crippen LogP contribution in [0.3, 0.4) is 0 Å². The maximum atomic E-state index is 6.23. The molecule has 2 aromatic rings. The molecule has 19 heavy (non-hydrogen) atoms. The molecule has 0 saturated heterocycles. The number of ether oxygens (including phenoxy) is 1. The molecule has 5 heteroatoms. The maximum absolute atomic E-state index is 6.23. The van der Waals surface area contributed by atoms with E-state index in [4.69, 9.17) is 27.9 Å². The molecule has 0 amide bonds. The molecule has 1 aromatic carbocycles. The number of likely N-dealkylation sites (N-methyl/N-ethyl adjacent to an activating group) is 1. The molecule has 1 N–H and O–H groups in total. The molecule has 0 bridgehead atoms. The predicted octanol–water partition coefficient (Wildman–Crippen LogP) is 4.57. The molecule has 0 radical (unpaired) electrons. The van der Waals surface area contributed by atoms with Gasteiger partial charge in [0.05, 0.1) is 17.2 Å². The summed E-state index contributed by atoms with van der Waals surface area (Å²) in [6, 6.07) is 7.97. The van der Waals surface area contributed by atoms with Crippen molar-refractivity contribution in [2.24, 2.45) is 0 Å². The van der Waals surface area contributed by atoms with Crippen LogP contribution in [0, 0.1) is 0 Å². The molecule has 1 unspecified atom stereocenters. The highest BCUT2D eigenvalue weighted by Crippen LogP contribution is 2.32. The van der Waals surface area contributed by atoms with E-state index >= 15 is 0 Å². The summed E-state index contributed by atoms with van der Waals surface area (Å²) < 4.78 is 5.22. The lowest BCUT2D eigenvalue weighted by Crippen LogP contribution is -2.17. The zero-order chi connectivity index (χ0) is 13.8. The van der Waals surface area contributed by atoms with Crippen LogP contribution in [0.15, 0.2) is 29.6 Å². The molecule has 0 aliphatic rings. The van der Waals surface area contributed by atoms with Gasteiger partial charge in [-0.2, -0.15) is 0 Å². The first-order valence-electron chi connectivity index (χ1n) is 5.88. The van der Waals surface area contributed by atoms with Crippen molar-refractivity contribution in [3.05, 3.63) is 50.1 Å². The first kappa shape index (κ1) is 14.7. The van der Waals surface area contributed by atoms with Gasteiger partial charge >= 0.3 is 0 Å². The molecule has 102 valence electrons. The van der Waals surface area contributed by atoms with Gasteiger partial charge in [0, 0.05) is 16.3 Å². The van der Waals surface area contributed by atoms with Crippen molar-refractivity contribution < 1.29 is 4.74 Å². The largest absolute Gasteiger partial charge is 0.496 e. The second kappa shape index (κ2) is 6.62. The molecule has 0 aliphatic carbocycles. The smallest absolute Gasteiger partial charge is 0.129 e. The number of hydrogen-bond acceptors (Lipinski definition) is 3. The number of hydrogen-bond donors (Lipinski definition) is 1. The van der Waals surface area contributed by atoms with E-state index in [1.54, 1.807) is 24.5 Å². The normalized spacial score (nSPS) is 12.4. The van der Waals surface area contributed by atoms with Crippen LogP contribution in [0.5, 0.6) is 5.75 Å². The summed E-state index contributed by atoms with van der Waals surface area (Å²) in [6.07, 6.45) is 0.791. The number of benzene rings is 1. The lowest BCUT2D eigenvalue weighted by molar-refractivity contribution is 0.416. The Hall–Kier alpha value is -0.740. The summed E-state index contributed by atoms with van der Waals surface area (Å²) in [5.74, 6) is 0.887. The Labute approximate surface area is 127 Å². The van der Waals surface area contributed by atoms with Gasteiger partial charge in [-0.15, -0.1) is 11.3 Å². The van der Waals surface area contributed by atoms with Crippen LogP contribution < -0.4 is 10.1 Å². The summed E-state index contributed by atoms with van der Waals surface area (Å²) >= 11 is 13.9. The van der Waals surface area contributed by atoms with Crippen LogP contribution in [0.1, 0.15) is 16.5 Å². The van der Waals surface area contributed by atoms with Gasteiger partial charge in [-0.1, -0.05) is 35.3 Å². The number of rotatable bonds is 5. The SMILES string of the molecule is CNC(Cc1cccc(Cl)c1Cl)c1cc(OC)cs1. The van der Waals surface area contributed by atoms with E-state index in [1.807, 2.05) is 30.6 Å². The van der Waals surface area contributed by atoms with E-state index in [1.165, 1.54) is 4.88 Å². The quantitative estimate of drug-likeness (QED) is 0.872. The minimum atomic E-state index is 0.199. The highest BCUT2D eigenvalue weighted by atomic mass is 35.5. The number of halogens is 2. The van der Waals surface area contributed by atoms with E-state index in [2.05, 4.69) is 5.32 Å². The van der Waals surface area contributed by atoms with Crippen LogP contribution in [0.4, 0.5) is 0 Å². The second-order valence-electron chi connectivity index (χ2n) is 4.15. The summed E-state index contributed by atoms with van der Waals surface area (Å²) in [5, 5.41) is 6.53. The fourth-order valence-corrected chi connectivity index (χ4v) is 3.26. The predicted molar refractivity (Wildman–Crippen MR) is 82.8 cm³/mol. The molecule has 0 saturated carbocycles. The van der Waals surface area contributed by atoms with E-state index in [9.17, 15) is 0 Å². The Bertz CT molecular complexity index is 556. The van der Waals surface area contributed by atoms with Crippen molar-refractivity contribution in [3.63, 3.8) is 0 Å². The zero-order valence-corrected chi connectivity index (χ0v) is 13.1. The highest BCUT2D eigenvalue weighted by molar-refractivity contribution is 7.10. The average Bonchev–Trinajstić information content (AvgIpc) is 2.89. The molecule has 1 aromatic heterocycles. The Morgan fingerprint density at radius 2 is 2.16 bits per heavy atom. The fourth-order valence-electron chi connectivity index (χ4n) is 1.90. The van der Waals surface area contributed by atoms with Crippen molar-refractivity contribution in [2.75, 3.05) is 14.2 Å². The Balaban J connectivity index is 2.21. The Kier molecular flexibility index (Phi) is 5.11. The Morgan fingerprint density at radius 1 is 1.37 bits per heavy atom. The standard InChI is InChI=1S/C14H15Cl2NOS/c1-17-12(13-7-10(18-2)8-19-13)6-9-4-3-5-11(15)14(9)16/h3-5,7-8,12,17H,6H2,1-2H3. The molecular weight excluding hydrogens is 301 g/mol. The summed E-state index contributed by atoms with van der Waals surface area (Å²) in [4.78, 5) is 1.22. The zero-order valence-electron chi connectivity index (χ0n) is 10.7. The molecule has 2 rings (SSSR count). The third kappa shape index (κ3) is 3.42. The summed E-state index contributed by atoms with van der Waals surface area (Å²) in [6.45, 7) is 0. The van der Waals surface area contributed by atoms with E-state index in [-0.39, 0.29) is 6.04 Å². The lowest BCUT2D eigenvalue weighted by Gasteiger charge is -2.15. The highest BCUT2D eigenvalue weighted by Gasteiger charge is 2.15. The minimum Gasteiger partial charge on any atom is -0.496 e. The molecule has 0 spiro atoms. The van der Waals surface area contributed by atoms with Crippen molar-refractivity contribution >= 4 is 34.5 Å². The van der Waals surface area contributed by atoms with E-state index < -0.39 is 0 Å². The van der Waals surface area contributed by atoms with Gasteiger partial charge in [0.1, 0.15) is 5.75 Å². The van der Waals surface area contributed by atoms with Crippen molar-refractivity contribution in [1.29, 1.82) is 0 Å². The average molecular weight is 316 g/mol. The van der Waals surface area contributed by atoms with Gasteiger partial charge in [0.25, 0.3) is 0 Å². The minimum absolute atomic E-state index is 0.199.